The number of rotatable bonds is 55. The molecule has 0 aliphatic rings. The van der Waals surface area contributed by atoms with Crippen LogP contribution in [-0.4, -0.2) is 37.2 Å². The van der Waals surface area contributed by atoms with Crippen LogP contribution in [0.4, 0.5) is 0 Å². The molecule has 0 N–H and O–H groups in total. The Balaban J connectivity index is 4.38. The molecule has 0 aliphatic carbocycles. The summed E-state index contributed by atoms with van der Waals surface area (Å²) in [6.45, 7) is 6.40. The topological polar surface area (TPSA) is 78.9 Å². The number of esters is 3. The minimum atomic E-state index is -0.796. The molecule has 0 aromatic heterocycles. The molecular formula is C67H114O6. The van der Waals surface area contributed by atoms with Gasteiger partial charge in [-0.2, -0.15) is 0 Å². The van der Waals surface area contributed by atoms with E-state index in [2.05, 4.69) is 118 Å². The monoisotopic (exact) mass is 1010 g/mol. The second-order valence-corrected chi connectivity index (χ2v) is 20.2. The molecule has 0 spiro atoms. The van der Waals surface area contributed by atoms with E-state index in [4.69, 9.17) is 14.2 Å². The van der Waals surface area contributed by atoms with Crippen LogP contribution in [-0.2, 0) is 28.6 Å². The van der Waals surface area contributed by atoms with E-state index >= 15 is 0 Å². The largest absolute Gasteiger partial charge is 0.462 e. The van der Waals surface area contributed by atoms with Gasteiger partial charge in [-0.05, 0) is 116 Å². The van der Waals surface area contributed by atoms with Crippen molar-refractivity contribution in [1.29, 1.82) is 0 Å². The van der Waals surface area contributed by atoms with E-state index in [-0.39, 0.29) is 31.1 Å². The lowest BCUT2D eigenvalue weighted by Gasteiger charge is -2.18. The third kappa shape index (κ3) is 59.1. The van der Waals surface area contributed by atoms with Crippen LogP contribution in [0, 0.1) is 0 Å². The van der Waals surface area contributed by atoms with Crippen LogP contribution < -0.4 is 0 Å². The van der Waals surface area contributed by atoms with Gasteiger partial charge in [-0.25, -0.2) is 0 Å². The minimum Gasteiger partial charge on any atom is -0.462 e. The first-order valence-corrected chi connectivity index (χ1v) is 30.7. The molecule has 0 amide bonds. The van der Waals surface area contributed by atoms with Crippen molar-refractivity contribution in [3.05, 3.63) is 97.2 Å². The molecule has 6 nitrogen and oxygen atoms in total. The van der Waals surface area contributed by atoms with E-state index in [9.17, 15) is 14.4 Å². The number of ether oxygens (including phenoxy) is 3. The summed E-state index contributed by atoms with van der Waals surface area (Å²) in [5.41, 5.74) is 0. The Kier molecular flexibility index (Phi) is 57.8. The zero-order valence-electron chi connectivity index (χ0n) is 47.9. The Morgan fingerprint density at radius 1 is 0.288 bits per heavy atom. The maximum absolute atomic E-state index is 12.9. The lowest BCUT2D eigenvalue weighted by Crippen LogP contribution is -2.30. The SMILES string of the molecule is CC/C=C\C/C=C\C/C=C\C/C=C\CCCCCCCCCCC(=O)OCC(COC(=O)CCCCC/C=C\C/C=C\C/C=C\CC)OC(=O)CCCCCCCCCCC/C=C\CCCCCCCCCC. The summed E-state index contributed by atoms with van der Waals surface area (Å²) in [5, 5.41) is 0. The van der Waals surface area contributed by atoms with Gasteiger partial charge in [-0.3, -0.25) is 14.4 Å². The van der Waals surface area contributed by atoms with Gasteiger partial charge in [0.25, 0.3) is 0 Å². The Morgan fingerprint density at radius 3 is 0.863 bits per heavy atom. The number of unbranched alkanes of at least 4 members (excludes halogenated alkanes) is 28. The van der Waals surface area contributed by atoms with Crippen LogP contribution in [0.5, 0.6) is 0 Å². The third-order valence-electron chi connectivity index (χ3n) is 13.1. The summed E-state index contributed by atoms with van der Waals surface area (Å²) in [4.78, 5) is 38.2. The van der Waals surface area contributed by atoms with Crippen molar-refractivity contribution in [2.75, 3.05) is 13.2 Å². The average molecular weight is 1020 g/mol. The van der Waals surface area contributed by atoms with E-state index in [0.29, 0.717) is 19.3 Å². The molecule has 0 heterocycles. The van der Waals surface area contributed by atoms with Crippen molar-refractivity contribution in [2.24, 2.45) is 0 Å². The highest BCUT2D eigenvalue weighted by molar-refractivity contribution is 5.71. The van der Waals surface area contributed by atoms with Crippen LogP contribution in [0.25, 0.3) is 0 Å². The van der Waals surface area contributed by atoms with Gasteiger partial charge < -0.3 is 14.2 Å². The lowest BCUT2D eigenvalue weighted by molar-refractivity contribution is -0.167. The highest BCUT2D eigenvalue weighted by Crippen LogP contribution is 2.16. The van der Waals surface area contributed by atoms with Gasteiger partial charge >= 0.3 is 17.9 Å². The first-order chi connectivity index (χ1) is 36.0. The van der Waals surface area contributed by atoms with E-state index in [1.807, 2.05) is 0 Å². The quantitative estimate of drug-likeness (QED) is 0.0261. The highest BCUT2D eigenvalue weighted by Gasteiger charge is 2.19. The fourth-order valence-corrected chi connectivity index (χ4v) is 8.50. The van der Waals surface area contributed by atoms with Crippen molar-refractivity contribution < 1.29 is 28.6 Å². The number of allylic oxidation sites excluding steroid dienone is 16. The molecule has 0 aromatic rings. The van der Waals surface area contributed by atoms with Crippen LogP contribution in [0.2, 0.25) is 0 Å². The number of hydrogen-bond acceptors (Lipinski definition) is 6. The predicted molar refractivity (Wildman–Crippen MR) is 316 cm³/mol. The summed E-state index contributed by atoms with van der Waals surface area (Å²) in [7, 11) is 0. The molecule has 6 heteroatoms. The van der Waals surface area contributed by atoms with Gasteiger partial charge in [0, 0.05) is 19.3 Å². The second-order valence-electron chi connectivity index (χ2n) is 20.2. The molecule has 0 rings (SSSR count). The van der Waals surface area contributed by atoms with Crippen molar-refractivity contribution in [2.45, 2.75) is 297 Å². The van der Waals surface area contributed by atoms with Crippen molar-refractivity contribution in [1.82, 2.24) is 0 Å². The fourth-order valence-electron chi connectivity index (χ4n) is 8.50. The van der Waals surface area contributed by atoms with Gasteiger partial charge in [0.15, 0.2) is 6.10 Å². The zero-order chi connectivity index (χ0) is 52.9. The molecule has 73 heavy (non-hydrogen) atoms. The van der Waals surface area contributed by atoms with Crippen molar-refractivity contribution in [3.8, 4) is 0 Å². The van der Waals surface area contributed by atoms with Gasteiger partial charge in [0.1, 0.15) is 13.2 Å². The summed E-state index contributed by atoms with van der Waals surface area (Å²) in [6.07, 6.45) is 81.2. The molecule has 1 unspecified atom stereocenters. The van der Waals surface area contributed by atoms with Gasteiger partial charge in [-0.1, -0.05) is 253 Å². The molecule has 0 radical (unpaired) electrons. The van der Waals surface area contributed by atoms with E-state index in [1.165, 1.54) is 135 Å². The Hall–Kier alpha value is -3.67. The average Bonchev–Trinajstić information content (AvgIpc) is 3.39. The van der Waals surface area contributed by atoms with Gasteiger partial charge in [-0.15, -0.1) is 0 Å². The van der Waals surface area contributed by atoms with Crippen molar-refractivity contribution >= 4 is 17.9 Å². The van der Waals surface area contributed by atoms with Gasteiger partial charge in [0.05, 0.1) is 0 Å². The van der Waals surface area contributed by atoms with Crippen LogP contribution in [0.3, 0.4) is 0 Å². The standard InChI is InChI=1S/C67H114O6/c1-4-7-10-13-16-19-22-25-27-29-31-33-35-37-39-42-45-48-51-54-57-60-66(69)72-63-64(62-71-65(68)59-56-53-50-47-44-41-24-21-18-15-12-9-6-3)73-67(70)61-58-55-52-49-46-43-40-38-36-34-32-30-28-26-23-20-17-14-11-8-5-2/h7,9-10,12,16,18-19,21,25,27,30-33,41,44,64H,4-6,8,11,13-15,17,20,22-24,26,28-29,34-40,42-43,45-63H2,1-3H3/b10-7-,12-9-,19-16-,21-18-,27-25-,32-30-,33-31-,44-41-. The molecular weight excluding hydrogens is 901 g/mol. The number of hydrogen-bond donors (Lipinski definition) is 0. The maximum Gasteiger partial charge on any atom is 0.306 e. The Labute approximate surface area is 451 Å². The van der Waals surface area contributed by atoms with E-state index in [0.717, 1.165) is 116 Å². The molecule has 0 aliphatic heterocycles. The molecule has 0 bridgehead atoms. The lowest BCUT2D eigenvalue weighted by atomic mass is 10.1. The Morgan fingerprint density at radius 2 is 0.534 bits per heavy atom. The number of carbonyl (C=O) groups excluding carboxylic acids is 3. The smallest absolute Gasteiger partial charge is 0.306 e. The summed E-state index contributed by atoms with van der Waals surface area (Å²) < 4.78 is 16.9. The first kappa shape index (κ1) is 69.3. The van der Waals surface area contributed by atoms with E-state index < -0.39 is 6.10 Å². The summed E-state index contributed by atoms with van der Waals surface area (Å²) >= 11 is 0. The first-order valence-electron chi connectivity index (χ1n) is 30.7. The molecule has 0 saturated carbocycles. The normalized spacial score (nSPS) is 12.8. The van der Waals surface area contributed by atoms with Crippen LogP contribution in [0.1, 0.15) is 290 Å². The highest BCUT2D eigenvalue weighted by atomic mass is 16.6. The van der Waals surface area contributed by atoms with Crippen LogP contribution >= 0.6 is 0 Å². The molecule has 0 fully saturated rings. The molecule has 1 atom stereocenters. The molecule has 418 valence electrons. The van der Waals surface area contributed by atoms with Gasteiger partial charge in [0.2, 0.25) is 0 Å². The second kappa shape index (κ2) is 60.9. The van der Waals surface area contributed by atoms with Crippen molar-refractivity contribution in [3.63, 3.8) is 0 Å². The summed E-state index contributed by atoms with van der Waals surface area (Å²) in [6, 6.07) is 0. The predicted octanol–water partition coefficient (Wildman–Crippen LogP) is 20.9. The minimum absolute atomic E-state index is 0.0919. The zero-order valence-corrected chi connectivity index (χ0v) is 47.9. The number of carbonyl (C=O) groups is 3. The van der Waals surface area contributed by atoms with E-state index in [1.54, 1.807) is 0 Å². The fraction of sp³-hybridized carbons (Fsp3) is 0.716. The molecule has 0 aromatic carbocycles. The maximum atomic E-state index is 12.9. The molecule has 0 saturated heterocycles. The Bertz CT molecular complexity index is 1440. The summed E-state index contributed by atoms with van der Waals surface area (Å²) in [5.74, 6) is -0.925. The third-order valence-corrected chi connectivity index (χ3v) is 13.1. The van der Waals surface area contributed by atoms with Crippen LogP contribution in [0.15, 0.2) is 97.2 Å².